The fourth-order valence-corrected chi connectivity index (χ4v) is 2.10. The van der Waals surface area contributed by atoms with Gasteiger partial charge >= 0.3 is 0 Å². The zero-order valence-corrected chi connectivity index (χ0v) is 10.0. The SMILES string of the molecule is CC(C)C(O)CCC1Cc2ccccc2O1. The lowest BCUT2D eigenvalue weighted by Gasteiger charge is -2.16. The molecule has 1 N–H and O–H groups in total. The molecule has 1 heterocycles. The largest absolute Gasteiger partial charge is 0.490 e. The average molecular weight is 220 g/mol. The van der Waals surface area contributed by atoms with Gasteiger partial charge in [0.05, 0.1) is 6.10 Å². The molecule has 1 aliphatic heterocycles. The first-order chi connectivity index (χ1) is 7.66. The van der Waals surface area contributed by atoms with Crippen LogP contribution in [0.1, 0.15) is 32.3 Å². The number of rotatable bonds is 4. The summed E-state index contributed by atoms with van der Waals surface area (Å²) in [5.74, 6) is 1.36. The van der Waals surface area contributed by atoms with Crippen molar-refractivity contribution in [3.8, 4) is 5.75 Å². The van der Waals surface area contributed by atoms with Gasteiger partial charge < -0.3 is 9.84 Å². The maximum absolute atomic E-state index is 9.75. The van der Waals surface area contributed by atoms with Crippen molar-refractivity contribution in [3.63, 3.8) is 0 Å². The molecular weight excluding hydrogens is 200 g/mol. The summed E-state index contributed by atoms with van der Waals surface area (Å²) in [7, 11) is 0. The molecule has 16 heavy (non-hydrogen) atoms. The second-order valence-electron chi connectivity index (χ2n) is 4.94. The lowest BCUT2D eigenvalue weighted by Crippen LogP contribution is -2.20. The number of para-hydroxylation sites is 1. The topological polar surface area (TPSA) is 29.5 Å². The highest BCUT2D eigenvalue weighted by Crippen LogP contribution is 2.30. The summed E-state index contributed by atoms with van der Waals surface area (Å²) in [5.41, 5.74) is 1.30. The van der Waals surface area contributed by atoms with Gasteiger partial charge in [-0.3, -0.25) is 0 Å². The Morgan fingerprint density at radius 3 is 2.81 bits per heavy atom. The van der Waals surface area contributed by atoms with E-state index in [-0.39, 0.29) is 12.2 Å². The van der Waals surface area contributed by atoms with Crippen molar-refractivity contribution in [1.82, 2.24) is 0 Å². The Morgan fingerprint density at radius 2 is 2.12 bits per heavy atom. The third kappa shape index (κ3) is 2.56. The summed E-state index contributed by atoms with van der Waals surface area (Å²) < 4.78 is 5.83. The van der Waals surface area contributed by atoms with Crippen molar-refractivity contribution < 1.29 is 9.84 Å². The fraction of sp³-hybridized carbons (Fsp3) is 0.571. The van der Waals surface area contributed by atoms with Gasteiger partial charge in [-0.15, -0.1) is 0 Å². The molecule has 0 fully saturated rings. The van der Waals surface area contributed by atoms with Crippen LogP contribution in [0.25, 0.3) is 0 Å². The lowest BCUT2D eigenvalue weighted by atomic mass is 9.99. The van der Waals surface area contributed by atoms with E-state index in [0.717, 1.165) is 25.0 Å². The van der Waals surface area contributed by atoms with E-state index in [1.807, 2.05) is 18.2 Å². The maximum atomic E-state index is 9.75. The zero-order chi connectivity index (χ0) is 11.5. The van der Waals surface area contributed by atoms with Gasteiger partial charge in [-0.1, -0.05) is 32.0 Å². The minimum Gasteiger partial charge on any atom is -0.490 e. The molecule has 2 atom stereocenters. The van der Waals surface area contributed by atoms with E-state index >= 15 is 0 Å². The number of hydrogen-bond donors (Lipinski definition) is 1. The number of aliphatic hydroxyl groups excluding tert-OH is 1. The van der Waals surface area contributed by atoms with Crippen LogP contribution in [-0.2, 0) is 6.42 Å². The molecule has 2 heteroatoms. The Kier molecular flexibility index (Phi) is 3.49. The summed E-state index contributed by atoms with van der Waals surface area (Å²) in [6.07, 6.45) is 2.81. The molecule has 0 saturated heterocycles. The molecule has 2 nitrogen and oxygen atoms in total. The van der Waals surface area contributed by atoms with E-state index in [1.54, 1.807) is 0 Å². The van der Waals surface area contributed by atoms with Crippen molar-refractivity contribution in [2.45, 2.75) is 45.3 Å². The predicted octanol–water partition coefficient (Wildman–Crippen LogP) is 2.79. The normalized spacial score (nSPS) is 20.6. The first-order valence-electron chi connectivity index (χ1n) is 6.09. The average Bonchev–Trinajstić information content (AvgIpc) is 2.68. The van der Waals surface area contributed by atoms with Gasteiger partial charge in [-0.25, -0.2) is 0 Å². The highest BCUT2D eigenvalue weighted by molar-refractivity contribution is 5.37. The van der Waals surface area contributed by atoms with Crippen LogP contribution in [0.4, 0.5) is 0 Å². The fourth-order valence-electron chi connectivity index (χ4n) is 2.10. The quantitative estimate of drug-likeness (QED) is 0.845. The molecule has 0 aromatic heterocycles. The lowest BCUT2D eigenvalue weighted by molar-refractivity contribution is 0.0970. The molecule has 2 rings (SSSR count). The Hall–Kier alpha value is -1.02. The highest BCUT2D eigenvalue weighted by Gasteiger charge is 2.23. The molecule has 1 aliphatic rings. The van der Waals surface area contributed by atoms with Gasteiger partial charge in [-0.05, 0) is 30.4 Å². The third-order valence-electron chi connectivity index (χ3n) is 3.27. The summed E-state index contributed by atoms with van der Waals surface area (Å²) in [6, 6.07) is 8.19. The van der Waals surface area contributed by atoms with Gasteiger partial charge in [0.2, 0.25) is 0 Å². The van der Waals surface area contributed by atoms with Crippen molar-refractivity contribution in [2.24, 2.45) is 5.92 Å². The Balaban J connectivity index is 1.83. The van der Waals surface area contributed by atoms with Crippen LogP contribution in [0.3, 0.4) is 0 Å². The summed E-state index contributed by atoms with van der Waals surface area (Å²) >= 11 is 0. The molecule has 0 saturated carbocycles. The minimum absolute atomic E-state index is 0.202. The van der Waals surface area contributed by atoms with Gasteiger partial charge in [0.25, 0.3) is 0 Å². The van der Waals surface area contributed by atoms with Crippen LogP contribution in [0, 0.1) is 5.92 Å². The first kappa shape index (κ1) is 11.5. The number of aliphatic hydroxyl groups is 1. The number of benzene rings is 1. The van der Waals surface area contributed by atoms with Gasteiger partial charge in [0.15, 0.2) is 0 Å². The Morgan fingerprint density at radius 1 is 1.38 bits per heavy atom. The molecule has 0 aliphatic carbocycles. The zero-order valence-electron chi connectivity index (χ0n) is 10.0. The van der Waals surface area contributed by atoms with Gasteiger partial charge in [0, 0.05) is 6.42 Å². The molecule has 0 spiro atoms. The summed E-state index contributed by atoms with van der Waals surface area (Å²) in [5, 5.41) is 9.75. The van der Waals surface area contributed by atoms with Crippen molar-refractivity contribution in [3.05, 3.63) is 29.8 Å². The second kappa shape index (κ2) is 4.88. The van der Waals surface area contributed by atoms with Gasteiger partial charge in [-0.2, -0.15) is 0 Å². The standard InChI is InChI=1S/C14H20O2/c1-10(2)13(15)8-7-12-9-11-5-3-4-6-14(11)16-12/h3-6,10,12-13,15H,7-9H2,1-2H3. The van der Waals surface area contributed by atoms with E-state index in [9.17, 15) is 5.11 Å². The smallest absolute Gasteiger partial charge is 0.123 e. The van der Waals surface area contributed by atoms with Gasteiger partial charge in [0.1, 0.15) is 11.9 Å². The van der Waals surface area contributed by atoms with Crippen LogP contribution in [0.2, 0.25) is 0 Å². The van der Waals surface area contributed by atoms with E-state index in [2.05, 4.69) is 19.9 Å². The Labute approximate surface area is 97.3 Å². The minimum atomic E-state index is -0.202. The monoisotopic (exact) mass is 220 g/mol. The van der Waals surface area contributed by atoms with Crippen LogP contribution in [0.5, 0.6) is 5.75 Å². The third-order valence-corrected chi connectivity index (χ3v) is 3.27. The first-order valence-corrected chi connectivity index (χ1v) is 6.09. The van der Waals surface area contributed by atoms with E-state index < -0.39 is 0 Å². The summed E-state index contributed by atoms with van der Waals surface area (Å²) in [4.78, 5) is 0. The molecule has 2 unspecified atom stereocenters. The predicted molar refractivity (Wildman–Crippen MR) is 64.6 cm³/mol. The van der Waals surface area contributed by atoms with Crippen molar-refractivity contribution >= 4 is 0 Å². The van der Waals surface area contributed by atoms with Crippen LogP contribution < -0.4 is 4.74 Å². The molecule has 0 bridgehead atoms. The van der Waals surface area contributed by atoms with Crippen LogP contribution in [-0.4, -0.2) is 17.3 Å². The van der Waals surface area contributed by atoms with E-state index in [4.69, 9.17) is 4.74 Å². The maximum Gasteiger partial charge on any atom is 0.123 e. The molecule has 1 aromatic rings. The molecule has 88 valence electrons. The molecule has 1 aromatic carbocycles. The Bertz CT molecular complexity index is 321. The van der Waals surface area contributed by atoms with Crippen molar-refractivity contribution in [1.29, 1.82) is 0 Å². The van der Waals surface area contributed by atoms with Crippen molar-refractivity contribution in [2.75, 3.05) is 0 Å². The summed E-state index contributed by atoms with van der Waals surface area (Å²) in [6.45, 7) is 4.10. The molecular formula is C14H20O2. The number of ether oxygens (including phenoxy) is 1. The van der Waals surface area contributed by atoms with Crippen LogP contribution >= 0.6 is 0 Å². The van der Waals surface area contributed by atoms with Crippen LogP contribution in [0.15, 0.2) is 24.3 Å². The second-order valence-corrected chi connectivity index (χ2v) is 4.94. The van der Waals surface area contributed by atoms with E-state index in [1.165, 1.54) is 5.56 Å². The van der Waals surface area contributed by atoms with E-state index in [0.29, 0.717) is 5.92 Å². The molecule has 0 radical (unpaired) electrons. The molecule has 0 amide bonds. The number of fused-ring (bicyclic) bond motifs is 1. The highest BCUT2D eigenvalue weighted by atomic mass is 16.5. The number of hydrogen-bond acceptors (Lipinski definition) is 2.